The van der Waals surface area contributed by atoms with Crippen molar-refractivity contribution in [2.24, 2.45) is 0 Å². The zero-order valence-corrected chi connectivity index (χ0v) is 12.7. The first kappa shape index (κ1) is 14.3. The van der Waals surface area contributed by atoms with Gasteiger partial charge in [0.15, 0.2) is 10.9 Å². The first-order chi connectivity index (χ1) is 10.7. The largest absolute Gasteiger partial charge is 0.458 e. The Balaban J connectivity index is 1.69. The zero-order chi connectivity index (χ0) is 15.4. The Hall–Kier alpha value is -2.67. The molecule has 0 unspecified atom stereocenters. The van der Waals surface area contributed by atoms with Crippen LogP contribution in [0.2, 0.25) is 0 Å². The molecule has 0 saturated carbocycles. The molecule has 0 bridgehead atoms. The number of nitrogens with one attached hydrogen (secondary N) is 2. The molecule has 0 atom stereocenters. The van der Waals surface area contributed by atoms with Gasteiger partial charge in [-0.2, -0.15) is 0 Å². The van der Waals surface area contributed by atoms with Gasteiger partial charge in [0, 0.05) is 18.5 Å². The van der Waals surface area contributed by atoms with Gasteiger partial charge in [-0.1, -0.05) is 6.07 Å². The number of hydrogen-bond donors (Lipinski definition) is 2. The third kappa shape index (κ3) is 3.50. The number of amides is 1. The molecule has 0 fully saturated rings. The number of rotatable bonds is 5. The van der Waals surface area contributed by atoms with Crippen LogP contribution in [0.25, 0.3) is 11.5 Å². The number of carbonyl (C=O) groups excluding carboxylic acids is 1. The number of anilines is 2. The maximum absolute atomic E-state index is 10.9. The van der Waals surface area contributed by atoms with E-state index in [1.165, 1.54) is 18.3 Å². The van der Waals surface area contributed by atoms with Crippen molar-refractivity contribution in [1.82, 2.24) is 15.3 Å². The van der Waals surface area contributed by atoms with Gasteiger partial charge in [-0.25, -0.2) is 9.97 Å². The van der Waals surface area contributed by atoms with Crippen molar-refractivity contribution < 1.29 is 9.21 Å². The van der Waals surface area contributed by atoms with E-state index in [1.54, 1.807) is 6.20 Å². The Morgan fingerprint density at radius 2 is 2.23 bits per heavy atom. The van der Waals surface area contributed by atoms with Gasteiger partial charge >= 0.3 is 0 Å². The fraction of sp³-hybridized carbons (Fsp3) is 0.133. The molecule has 3 aromatic rings. The molecule has 0 saturated heterocycles. The monoisotopic (exact) mass is 314 g/mol. The highest BCUT2D eigenvalue weighted by Gasteiger charge is 2.10. The van der Waals surface area contributed by atoms with E-state index >= 15 is 0 Å². The van der Waals surface area contributed by atoms with Crippen LogP contribution in [0.3, 0.4) is 0 Å². The average Bonchev–Trinajstić information content (AvgIpc) is 3.15. The van der Waals surface area contributed by atoms with Crippen LogP contribution < -0.4 is 10.6 Å². The number of carbonyl (C=O) groups is 1. The quantitative estimate of drug-likeness (QED) is 0.756. The molecule has 0 radical (unpaired) electrons. The molecular formula is C15H14N4O2S. The van der Waals surface area contributed by atoms with Gasteiger partial charge in [0.25, 0.3) is 0 Å². The van der Waals surface area contributed by atoms with Crippen LogP contribution >= 0.6 is 11.3 Å². The highest BCUT2D eigenvalue weighted by molar-refractivity contribution is 7.14. The van der Waals surface area contributed by atoms with Crippen molar-refractivity contribution in [2.45, 2.75) is 13.5 Å². The minimum Gasteiger partial charge on any atom is -0.458 e. The van der Waals surface area contributed by atoms with E-state index < -0.39 is 0 Å². The van der Waals surface area contributed by atoms with Gasteiger partial charge < -0.3 is 15.1 Å². The Morgan fingerprint density at radius 3 is 3.00 bits per heavy atom. The summed E-state index contributed by atoms with van der Waals surface area (Å²) < 4.78 is 5.67. The normalized spacial score (nSPS) is 10.4. The van der Waals surface area contributed by atoms with E-state index in [2.05, 4.69) is 20.6 Å². The van der Waals surface area contributed by atoms with Crippen molar-refractivity contribution in [3.8, 4) is 11.5 Å². The molecule has 1 amide bonds. The molecule has 0 aliphatic carbocycles. The van der Waals surface area contributed by atoms with E-state index in [4.69, 9.17) is 4.42 Å². The molecule has 7 heteroatoms. The molecule has 3 aromatic heterocycles. The molecule has 0 aromatic carbocycles. The third-order valence-electron chi connectivity index (χ3n) is 2.83. The number of aromatic nitrogens is 2. The topological polar surface area (TPSA) is 80.0 Å². The lowest BCUT2D eigenvalue weighted by atomic mass is 10.3. The minimum absolute atomic E-state index is 0.0894. The van der Waals surface area contributed by atoms with Gasteiger partial charge in [-0.05, 0) is 24.3 Å². The van der Waals surface area contributed by atoms with Gasteiger partial charge in [0.1, 0.15) is 17.3 Å². The van der Waals surface area contributed by atoms with Crippen molar-refractivity contribution in [3.63, 3.8) is 0 Å². The van der Waals surface area contributed by atoms with Crippen LogP contribution in [0.4, 0.5) is 10.9 Å². The van der Waals surface area contributed by atoms with Crippen LogP contribution in [-0.2, 0) is 11.3 Å². The predicted octanol–water partition coefficient (Wildman–Crippen LogP) is 3.18. The second kappa shape index (κ2) is 6.40. The summed E-state index contributed by atoms with van der Waals surface area (Å²) in [5.74, 6) is 2.02. The molecule has 3 rings (SSSR count). The summed E-state index contributed by atoms with van der Waals surface area (Å²) in [6.45, 7) is 1.85. The molecule has 112 valence electrons. The summed E-state index contributed by atoms with van der Waals surface area (Å²) in [5.41, 5.74) is 0.748. The lowest BCUT2D eigenvalue weighted by Crippen LogP contribution is -2.18. The fourth-order valence-electron chi connectivity index (χ4n) is 1.81. The standard InChI is InChI=1S/C15H14N4O2S/c1-10(20)17-8-11-5-6-13(21-11)12-9-22-15(18-12)19-14-4-2-3-7-16-14/h2-7,9H,8H2,1H3,(H,17,20)(H,16,18,19). The van der Waals surface area contributed by atoms with Crippen LogP contribution in [0.15, 0.2) is 46.3 Å². The molecule has 3 heterocycles. The maximum Gasteiger partial charge on any atom is 0.217 e. The molecule has 2 N–H and O–H groups in total. The van der Waals surface area contributed by atoms with Crippen LogP contribution in [-0.4, -0.2) is 15.9 Å². The minimum atomic E-state index is -0.0894. The smallest absolute Gasteiger partial charge is 0.217 e. The maximum atomic E-state index is 10.9. The molecule has 0 aliphatic rings. The fourth-order valence-corrected chi connectivity index (χ4v) is 2.52. The van der Waals surface area contributed by atoms with E-state index in [9.17, 15) is 4.79 Å². The third-order valence-corrected chi connectivity index (χ3v) is 3.59. The van der Waals surface area contributed by atoms with Gasteiger partial charge in [-0.15, -0.1) is 11.3 Å². The van der Waals surface area contributed by atoms with E-state index in [0.717, 1.165) is 16.6 Å². The molecule has 6 nitrogen and oxygen atoms in total. The number of furan rings is 1. The molecule has 22 heavy (non-hydrogen) atoms. The molecule has 0 spiro atoms. The number of hydrogen-bond acceptors (Lipinski definition) is 6. The number of thiazole rings is 1. The summed E-state index contributed by atoms with van der Waals surface area (Å²) in [5, 5.41) is 8.48. The second-order valence-electron chi connectivity index (χ2n) is 4.55. The van der Waals surface area contributed by atoms with Crippen molar-refractivity contribution >= 4 is 28.2 Å². The molecular weight excluding hydrogens is 300 g/mol. The first-order valence-corrected chi connectivity index (χ1v) is 7.56. The van der Waals surface area contributed by atoms with Crippen LogP contribution in [0.1, 0.15) is 12.7 Å². The van der Waals surface area contributed by atoms with E-state index in [1.807, 2.05) is 35.7 Å². The summed E-state index contributed by atoms with van der Waals surface area (Å²) >= 11 is 1.47. The van der Waals surface area contributed by atoms with E-state index in [0.29, 0.717) is 18.1 Å². The van der Waals surface area contributed by atoms with Crippen LogP contribution in [0, 0.1) is 0 Å². The Kier molecular flexibility index (Phi) is 4.15. The van der Waals surface area contributed by atoms with Crippen LogP contribution in [0.5, 0.6) is 0 Å². The Morgan fingerprint density at radius 1 is 1.32 bits per heavy atom. The summed E-state index contributed by atoms with van der Waals surface area (Å²) in [4.78, 5) is 19.6. The van der Waals surface area contributed by atoms with Gasteiger partial charge in [0.2, 0.25) is 5.91 Å². The molecule has 0 aliphatic heterocycles. The van der Waals surface area contributed by atoms with Gasteiger partial charge in [-0.3, -0.25) is 4.79 Å². The summed E-state index contributed by atoms with van der Waals surface area (Å²) in [6.07, 6.45) is 1.72. The van der Waals surface area contributed by atoms with E-state index in [-0.39, 0.29) is 5.91 Å². The average molecular weight is 314 g/mol. The highest BCUT2D eigenvalue weighted by Crippen LogP contribution is 2.27. The summed E-state index contributed by atoms with van der Waals surface area (Å²) in [7, 11) is 0. The van der Waals surface area contributed by atoms with Crippen molar-refractivity contribution in [3.05, 3.63) is 47.7 Å². The lowest BCUT2D eigenvalue weighted by Gasteiger charge is -1.99. The predicted molar refractivity (Wildman–Crippen MR) is 84.9 cm³/mol. The number of nitrogens with zero attached hydrogens (tertiary/aromatic N) is 2. The lowest BCUT2D eigenvalue weighted by molar-refractivity contribution is -0.119. The second-order valence-corrected chi connectivity index (χ2v) is 5.41. The highest BCUT2D eigenvalue weighted by atomic mass is 32.1. The number of pyridine rings is 1. The SMILES string of the molecule is CC(=O)NCc1ccc(-c2csc(Nc3ccccn3)n2)o1. The van der Waals surface area contributed by atoms with Gasteiger partial charge in [0.05, 0.1) is 6.54 Å². The summed E-state index contributed by atoms with van der Waals surface area (Å²) in [6, 6.07) is 9.31. The van der Waals surface area contributed by atoms with Crippen molar-refractivity contribution in [2.75, 3.05) is 5.32 Å². The Labute approximate surface area is 131 Å². The first-order valence-electron chi connectivity index (χ1n) is 6.68. The zero-order valence-electron chi connectivity index (χ0n) is 11.9. The van der Waals surface area contributed by atoms with Crippen molar-refractivity contribution in [1.29, 1.82) is 0 Å². The Bertz CT molecular complexity index is 767.